The fourth-order valence-corrected chi connectivity index (χ4v) is 5.34. The number of hydrogen-bond donors (Lipinski definition) is 1. The summed E-state index contributed by atoms with van der Waals surface area (Å²) in [7, 11) is -4.22. The maximum atomic E-state index is 12.5. The summed E-state index contributed by atoms with van der Waals surface area (Å²) in [4.78, 5) is 27.0. The topological polar surface area (TPSA) is 128 Å². The van der Waals surface area contributed by atoms with E-state index < -0.39 is 15.0 Å². The highest BCUT2D eigenvalue weighted by Gasteiger charge is 2.24. The molecule has 0 spiro atoms. The summed E-state index contributed by atoms with van der Waals surface area (Å²) in [6.45, 7) is 0. The minimum absolute atomic E-state index is 0.0130. The molecule has 3 aromatic carbocycles. The van der Waals surface area contributed by atoms with Gasteiger partial charge in [-0.25, -0.2) is 4.99 Å². The molecule has 4 rings (SSSR count). The zero-order valence-corrected chi connectivity index (χ0v) is 21.3. The highest BCUT2D eigenvalue weighted by molar-refractivity contribution is 9.10. The van der Waals surface area contributed by atoms with E-state index in [4.69, 9.17) is 15.8 Å². The predicted octanol–water partition coefficient (Wildman–Crippen LogP) is 5.67. The number of carbonyl (C=O) groups excluding carboxylic acids is 1. The van der Waals surface area contributed by atoms with E-state index in [9.17, 15) is 23.3 Å². The van der Waals surface area contributed by atoms with Crippen molar-refractivity contribution in [1.29, 1.82) is 0 Å². The molecule has 3 aromatic rings. The lowest BCUT2D eigenvalue weighted by atomic mass is 10.2. The van der Waals surface area contributed by atoms with Gasteiger partial charge in [0.25, 0.3) is 11.6 Å². The molecule has 0 radical (unpaired) electrons. The Morgan fingerprint density at radius 1 is 1.09 bits per heavy atom. The fourth-order valence-electron chi connectivity index (χ4n) is 2.84. The maximum absolute atomic E-state index is 12.5. The lowest BCUT2D eigenvalue weighted by Crippen LogP contribution is -2.19. The lowest BCUT2D eigenvalue weighted by Gasteiger charge is -2.09. The third-order valence-corrected chi connectivity index (χ3v) is 7.53. The van der Waals surface area contributed by atoms with Crippen molar-refractivity contribution >= 4 is 77.9 Å². The standard InChI is InChI=1S/C22H13BrClN3O6S2/c23-18-11-13(12-20-21(28)26-22(34-20)25-15-4-2-14(24)3-5-15)1-10-19(18)33-35(31,32)17-8-6-16(7-9-17)27(29)30/h1-12H,(H,25,26,28)/b20-12-. The molecular formula is C22H13BrClN3O6S2. The number of rotatable bonds is 6. The third kappa shape index (κ3) is 6.09. The molecule has 0 aliphatic carbocycles. The number of nitro benzene ring substituents is 1. The molecule has 1 fully saturated rings. The Labute approximate surface area is 217 Å². The number of halogens is 2. The van der Waals surface area contributed by atoms with Crippen LogP contribution in [0.25, 0.3) is 6.08 Å². The van der Waals surface area contributed by atoms with E-state index in [0.29, 0.717) is 30.8 Å². The number of amides is 1. The summed E-state index contributed by atoms with van der Waals surface area (Å²) in [6, 6.07) is 15.8. The van der Waals surface area contributed by atoms with E-state index in [1.807, 2.05) is 0 Å². The van der Waals surface area contributed by atoms with Crippen LogP contribution in [0.5, 0.6) is 5.75 Å². The van der Waals surface area contributed by atoms with Crippen LogP contribution in [-0.2, 0) is 14.9 Å². The van der Waals surface area contributed by atoms with Crippen molar-refractivity contribution in [3.8, 4) is 5.75 Å². The third-order valence-electron chi connectivity index (χ3n) is 4.50. The van der Waals surface area contributed by atoms with E-state index >= 15 is 0 Å². The number of carbonyl (C=O) groups is 1. The number of nitrogens with one attached hydrogen (secondary N) is 1. The maximum Gasteiger partial charge on any atom is 0.339 e. The summed E-state index contributed by atoms with van der Waals surface area (Å²) in [5.41, 5.74) is 1.01. The Morgan fingerprint density at radius 3 is 2.40 bits per heavy atom. The number of nitro groups is 1. The Kier molecular flexibility index (Phi) is 7.26. The van der Waals surface area contributed by atoms with Crippen LogP contribution >= 0.6 is 39.3 Å². The van der Waals surface area contributed by atoms with Crippen LogP contribution in [0, 0.1) is 10.1 Å². The van der Waals surface area contributed by atoms with Gasteiger partial charge in [-0.1, -0.05) is 17.7 Å². The SMILES string of the molecule is O=C1NC(=Nc2ccc(Cl)cc2)S/C1=C\c1ccc(OS(=O)(=O)c2ccc([N+](=O)[O-])cc2)c(Br)c1. The van der Waals surface area contributed by atoms with Gasteiger partial charge in [0.1, 0.15) is 4.90 Å². The molecule has 178 valence electrons. The van der Waals surface area contributed by atoms with E-state index in [1.165, 1.54) is 6.07 Å². The molecule has 0 saturated carbocycles. The Morgan fingerprint density at radius 2 is 1.77 bits per heavy atom. The quantitative estimate of drug-likeness (QED) is 0.169. The number of benzene rings is 3. The first-order valence-corrected chi connectivity index (χ1v) is 13.0. The number of hydrogen-bond acceptors (Lipinski definition) is 8. The van der Waals surface area contributed by atoms with Gasteiger partial charge < -0.3 is 9.50 Å². The number of non-ortho nitro benzene ring substituents is 1. The van der Waals surface area contributed by atoms with Crippen LogP contribution in [0.15, 0.2) is 86.0 Å². The van der Waals surface area contributed by atoms with Gasteiger partial charge in [0.05, 0.1) is 20.0 Å². The van der Waals surface area contributed by atoms with Gasteiger partial charge in [0.2, 0.25) is 0 Å². The lowest BCUT2D eigenvalue weighted by molar-refractivity contribution is -0.384. The van der Waals surface area contributed by atoms with E-state index in [1.54, 1.807) is 42.5 Å². The van der Waals surface area contributed by atoms with Crippen LogP contribution in [0.2, 0.25) is 5.02 Å². The first-order valence-electron chi connectivity index (χ1n) is 9.64. The average molecular weight is 595 g/mol. The highest BCUT2D eigenvalue weighted by atomic mass is 79.9. The summed E-state index contributed by atoms with van der Waals surface area (Å²) in [6.07, 6.45) is 1.63. The molecule has 0 aromatic heterocycles. The van der Waals surface area contributed by atoms with Crippen molar-refractivity contribution in [2.24, 2.45) is 4.99 Å². The second-order valence-corrected chi connectivity index (χ2v) is 10.8. The largest absolute Gasteiger partial charge is 0.378 e. The molecule has 0 unspecified atom stereocenters. The zero-order valence-electron chi connectivity index (χ0n) is 17.3. The van der Waals surface area contributed by atoms with Crippen LogP contribution < -0.4 is 9.50 Å². The normalized spacial score (nSPS) is 15.9. The van der Waals surface area contributed by atoms with Gasteiger partial charge in [-0.15, -0.1) is 0 Å². The Balaban J connectivity index is 1.50. The second-order valence-electron chi connectivity index (χ2n) is 6.94. The van der Waals surface area contributed by atoms with Crippen molar-refractivity contribution in [1.82, 2.24) is 5.32 Å². The Hall–Kier alpha value is -3.19. The van der Waals surface area contributed by atoms with Gasteiger partial charge in [0, 0.05) is 17.2 Å². The van der Waals surface area contributed by atoms with Crippen LogP contribution in [0.1, 0.15) is 5.56 Å². The molecule has 35 heavy (non-hydrogen) atoms. The average Bonchev–Trinajstić information content (AvgIpc) is 3.15. The molecule has 13 heteroatoms. The number of amidine groups is 1. The Bertz CT molecular complexity index is 1490. The predicted molar refractivity (Wildman–Crippen MR) is 137 cm³/mol. The van der Waals surface area contributed by atoms with Crippen molar-refractivity contribution < 1.29 is 22.3 Å². The number of nitrogens with zero attached hydrogens (tertiary/aromatic N) is 2. The van der Waals surface area contributed by atoms with E-state index in [0.717, 1.165) is 36.0 Å². The van der Waals surface area contributed by atoms with E-state index in [2.05, 4.69) is 26.2 Å². The monoisotopic (exact) mass is 593 g/mol. The molecular weight excluding hydrogens is 582 g/mol. The van der Waals surface area contributed by atoms with Crippen LogP contribution in [0.4, 0.5) is 11.4 Å². The fraction of sp³-hybridized carbons (Fsp3) is 0. The van der Waals surface area contributed by atoms with Crippen molar-refractivity contribution in [3.05, 3.63) is 96.8 Å². The van der Waals surface area contributed by atoms with Crippen molar-refractivity contribution in [2.75, 3.05) is 0 Å². The van der Waals surface area contributed by atoms with Gasteiger partial charge in [-0.2, -0.15) is 8.42 Å². The minimum Gasteiger partial charge on any atom is -0.378 e. The van der Waals surface area contributed by atoms with Crippen molar-refractivity contribution in [3.63, 3.8) is 0 Å². The smallest absolute Gasteiger partial charge is 0.339 e. The molecule has 1 aliphatic heterocycles. The van der Waals surface area contributed by atoms with E-state index in [-0.39, 0.29) is 22.2 Å². The number of aliphatic imine (C=N–C) groups is 1. The molecule has 9 nitrogen and oxygen atoms in total. The molecule has 1 heterocycles. The first-order chi connectivity index (χ1) is 16.6. The van der Waals surface area contributed by atoms with Gasteiger partial charge in [-0.3, -0.25) is 14.9 Å². The number of thioether (sulfide) groups is 1. The molecule has 1 N–H and O–H groups in total. The minimum atomic E-state index is -4.22. The van der Waals surface area contributed by atoms with Crippen LogP contribution in [0.3, 0.4) is 0 Å². The van der Waals surface area contributed by atoms with Gasteiger partial charge >= 0.3 is 10.1 Å². The summed E-state index contributed by atoms with van der Waals surface area (Å²) in [5, 5.41) is 14.4. The molecule has 0 bridgehead atoms. The first kappa shape index (κ1) is 24.9. The summed E-state index contributed by atoms with van der Waals surface area (Å²) < 4.78 is 30.6. The molecule has 1 aliphatic rings. The second kappa shape index (κ2) is 10.2. The highest BCUT2D eigenvalue weighted by Crippen LogP contribution is 2.33. The summed E-state index contributed by atoms with van der Waals surface area (Å²) in [5.74, 6) is -0.307. The van der Waals surface area contributed by atoms with Gasteiger partial charge in [-0.05, 0) is 87.9 Å². The molecule has 0 atom stereocenters. The molecule has 1 amide bonds. The van der Waals surface area contributed by atoms with Gasteiger partial charge in [0.15, 0.2) is 10.9 Å². The zero-order chi connectivity index (χ0) is 25.2. The molecule has 1 saturated heterocycles. The van der Waals surface area contributed by atoms with Crippen LogP contribution in [-0.4, -0.2) is 24.4 Å². The summed E-state index contributed by atoms with van der Waals surface area (Å²) >= 11 is 10.3. The van der Waals surface area contributed by atoms with Crippen molar-refractivity contribution in [2.45, 2.75) is 4.90 Å².